The third-order valence-electron chi connectivity index (χ3n) is 7.95. The van der Waals surface area contributed by atoms with Gasteiger partial charge >= 0.3 is 0 Å². The summed E-state index contributed by atoms with van der Waals surface area (Å²) in [5.74, 6) is 3.12. The van der Waals surface area contributed by atoms with Crippen LogP contribution >= 0.6 is 0 Å². The number of ketones is 1. The SMILES string of the molecule is C=C[C@H]1C=C[C@H]2[C@@H]3C[C@H](C)CC[C@H]3[C@H](Oc3ccc(CO)cc3)[C@@H]2[C@H]1C(=O)CCCO. The fourth-order valence-corrected chi connectivity index (χ4v) is 6.51. The first-order valence-corrected chi connectivity index (χ1v) is 11.9. The number of Topliss-reactive ketones (excluding diaryl/α,β-unsaturated/α-hetero) is 1. The molecular formula is C27H36O4. The molecule has 3 aliphatic carbocycles. The number of aliphatic hydroxyl groups excluding tert-OH is 2. The molecule has 0 radical (unpaired) electrons. The molecule has 0 spiro atoms. The summed E-state index contributed by atoms with van der Waals surface area (Å²) in [7, 11) is 0. The van der Waals surface area contributed by atoms with Gasteiger partial charge in [0.15, 0.2) is 0 Å². The van der Waals surface area contributed by atoms with Crippen LogP contribution in [0, 0.1) is 41.4 Å². The third-order valence-corrected chi connectivity index (χ3v) is 7.95. The summed E-state index contributed by atoms with van der Waals surface area (Å²) in [6.45, 7) is 6.43. The van der Waals surface area contributed by atoms with Crippen molar-refractivity contribution in [3.8, 4) is 5.75 Å². The summed E-state index contributed by atoms with van der Waals surface area (Å²) in [4.78, 5) is 13.3. The van der Waals surface area contributed by atoms with Crippen molar-refractivity contribution in [1.82, 2.24) is 0 Å². The summed E-state index contributed by atoms with van der Waals surface area (Å²) in [6.07, 6.45) is 10.9. The number of rotatable bonds is 8. The van der Waals surface area contributed by atoms with E-state index in [0.29, 0.717) is 36.5 Å². The molecule has 2 fully saturated rings. The standard InChI is InChI=1S/C27H36O4/c1-3-19-9-13-21-23-15-17(2)6-12-22(23)27(26(21)25(19)24(30)5-4-14-28)31-20-10-7-18(16-29)8-11-20/h3,7-11,13,17,19,21-23,25-29H,1,4-6,12,14-16H2,2H3/t17-,19+,21+,22-,23+,25-,26+,27+/m1/s1. The lowest BCUT2D eigenvalue weighted by Gasteiger charge is -2.38. The number of carbonyl (C=O) groups is 1. The average molecular weight is 425 g/mol. The maximum atomic E-state index is 13.3. The van der Waals surface area contributed by atoms with E-state index in [-0.39, 0.29) is 42.9 Å². The predicted octanol–water partition coefficient (Wildman–Crippen LogP) is 4.55. The fourth-order valence-electron chi connectivity index (χ4n) is 6.51. The van der Waals surface area contributed by atoms with Gasteiger partial charge in [0, 0.05) is 30.8 Å². The van der Waals surface area contributed by atoms with Crippen molar-refractivity contribution in [2.75, 3.05) is 6.61 Å². The second-order valence-corrected chi connectivity index (χ2v) is 9.80. The van der Waals surface area contributed by atoms with Crippen LogP contribution in [-0.4, -0.2) is 28.7 Å². The number of carbonyl (C=O) groups excluding carboxylic acids is 1. The Balaban J connectivity index is 1.68. The number of hydrogen-bond acceptors (Lipinski definition) is 4. The maximum absolute atomic E-state index is 13.3. The van der Waals surface area contributed by atoms with Gasteiger partial charge in [0.1, 0.15) is 17.6 Å². The highest BCUT2D eigenvalue weighted by Gasteiger charge is 2.57. The topological polar surface area (TPSA) is 66.8 Å². The quantitative estimate of drug-likeness (QED) is 0.601. The van der Waals surface area contributed by atoms with Gasteiger partial charge in [-0.3, -0.25) is 4.79 Å². The van der Waals surface area contributed by atoms with Crippen molar-refractivity contribution in [3.63, 3.8) is 0 Å². The highest BCUT2D eigenvalue weighted by Crippen LogP contribution is 2.57. The molecule has 4 heteroatoms. The first-order valence-electron chi connectivity index (χ1n) is 11.9. The van der Waals surface area contributed by atoms with Crippen LogP contribution in [0.5, 0.6) is 5.75 Å². The van der Waals surface area contributed by atoms with E-state index in [1.165, 1.54) is 12.8 Å². The molecule has 2 N–H and O–H groups in total. The molecule has 4 rings (SSSR count). The molecule has 0 unspecified atom stereocenters. The van der Waals surface area contributed by atoms with E-state index in [2.05, 4.69) is 25.7 Å². The van der Waals surface area contributed by atoms with Gasteiger partial charge in [0.2, 0.25) is 0 Å². The van der Waals surface area contributed by atoms with Gasteiger partial charge in [0.05, 0.1) is 6.61 Å². The number of benzene rings is 1. The molecule has 0 heterocycles. The molecule has 168 valence electrons. The lowest BCUT2D eigenvalue weighted by molar-refractivity contribution is -0.127. The molecule has 1 aromatic rings. The molecular weight excluding hydrogens is 388 g/mol. The molecule has 0 saturated heterocycles. The summed E-state index contributed by atoms with van der Waals surface area (Å²) >= 11 is 0. The Morgan fingerprint density at radius 1 is 1.16 bits per heavy atom. The Bertz CT molecular complexity index is 798. The first kappa shape index (κ1) is 22.3. The Kier molecular flexibility index (Phi) is 6.98. The van der Waals surface area contributed by atoms with E-state index in [4.69, 9.17) is 4.74 Å². The van der Waals surface area contributed by atoms with Gasteiger partial charge in [0.25, 0.3) is 0 Å². The number of fused-ring (bicyclic) bond motifs is 3. The van der Waals surface area contributed by atoms with Crippen molar-refractivity contribution >= 4 is 5.78 Å². The van der Waals surface area contributed by atoms with Gasteiger partial charge in [-0.05, 0) is 60.6 Å². The molecule has 0 aromatic heterocycles. The van der Waals surface area contributed by atoms with Crippen LogP contribution in [0.3, 0.4) is 0 Å². The zero-order chi connectivity index (χ0) is 22.0. The largest absolute Gasteiger partial charge is 0.490 e. The lowest BCUT2D eigenvalue weighted by atomic mass is 9.66. The van der Waals surface area contributed by atoms with E-state index in [9.17, 15) is 15.0 Å². The number of hydrogen-bond donors (Lipinski definition) is 2. The van der Waals surface area contributed by atoms with E-state index >= 15 is 0 Å². The van der Waals surface area contributed by atoms with Crippen LogP contribution in [0.25, 0.3) is 0 Å². The Labute approximate surface area is 186 Å². The normalized spacial score (nSPS) is 36.5. The van der Waals surface area contributed by atoms with Crippen molar-refractivity contribution in [2.24, 2.45) is 41.4 Å². The van der Waals surface area contributed by atoms with Gasteiger partial charge in [-0.2, -0.15) is 0 Å². The summed E-state index contributed by atoms with van der Waals surface area (Å²) in [6, 6.07) is 7.68. The molecule has 0 aliphatic heterocycles. The Morgan fingerprint density at radius 2 is 1.94 bits per heavy atom. The molecule has 31 heavy (non-hydrogen) atoms. The summed E-state index contributed by atoms with van der Waals surface area (Å²) < 4.78 is 6.68. The van der Waals surface area contributed by atoms with Crippen molar-refractivity contribution in [3.05, 3.63) is 54.6 Å². The second kappa shape index (κ2) is 9.70. The van der Waals surface area contributed by atoms with Gasteiger partial charge in [-0.1, -0.05) is 43.7 Å². The Morgan fingerprint density at radius 3 is 2.61 bits per heavy atom. The van der Waals surface area contributed by atoms with Gasteiger partial charge < -0.3 is 14.9 Å². The van der Waals surface area contributed by atoms with Crippen molar-refractivity contribution in [1.29, 1.82) is 0 Å². The molecule has 8 atom stereocenters. The van der Waals surface area contributed by atoms with E-state index < -0.39 is 0 Å². The van der Waals surface area contributed by atoms with Crippen LogP contribution < -0.4 is 4.74 Å². The van der Waals surface area contributed by atoms with E-state index in [1.54, 1.807) is 0 Å². The molecule has 3 aliphatic rings. The summed E-state index contributed by atoms with van der Waals surface area (Å²) in [5, 5.41) is 18.6. The maximum Gasteiger partial charge on any atom is 0.137 e. The van der Waals surface area contributed by atoms with E-state index in [0.717, 1.165) is 17.7 Å². The number of allylic oxidation sites excluding steroid dienone is 3. The second-order valence-electron chi connectivity index (χ2n) is 9.80. The highest BCUT2D eigenvalue weighted by molar-refractivity contribution is 5.82. The third kappa shape index (κ3) is 4.38. The molecule has 4 nitrogen and oxygen atoms in total. The van der Waals surface area contributed by atoms with Crippen LogP contribution in [0.15, 0.2) is 49.1 Å². The monoisotopic (exact) mass is 424 g/mol. The predicted molar refractivity (Wildman–Crippen MR) is 121 cm³/mol. The van der Waals surface area contributed by atoms with E-state index in [1.807, 2.05) is 30.3 Å². The van der Waals surface area contributed by atoms with Gasteiger partial charge in [-0.25, -0.2) is 0 Å². The molecule has 1 aromatic carbocycles. The van der Waals surface area contributed by atoms with Crippen LogP contribution in [0.4, 0.5) is 0 Å². The van der Waals surface area contributed by atoms with Gasteiger partial charge in [-0.15, -0.1) is 6.58 Å². The minimum absolute atomic E-state index is 0.00190. The Hall–Kier alpha value is -1.91. The lowest BCUT2D eigenvalue weighted by Crippen LogP contribution is -2.42. The molecule has 0 bridgehead atoms. The first-order chi connectivity index (χ1) is 15.1. The number of ether oxygens (including phenoxy) is 1. The minimum Gasteiger partial charge on any atom is -0.490 e. The zero-order valence-electron chi connectivity index (χ0n) is 18.5. The smallest absolute Gasteiger partial charge is 0.137 e. The van der Waals surface area contributed by atoms with Crippen molar-refractivity contribution in [2.45, 2.75) is 51.7 Å². The number of aliphatic hydroxyl groups is 2. The summed E-state index contributed by atoms with van der Waals surface area (Å²) in [5.41, 5.74) is 0.866. The van der Waals surface area contributed by atoms with Crippen LogP contribution in [-0.2, 0) is 11.4 Å². The highest BCUT2D eigenvalue weighted by atomic mass is 16.5. The minimum atomic E-state index is -0.137. The fraction of sp³-hybridized carbons (Fsp3) is 0.593. The average Bonchev–Trinajstić information content (AvgIpc) is 3.09. The zero-order valence-corrected chi connectivity index (χ0v) is 18.5. The van der Waals surface area contributed by atoms with Crippen LogP contribution in [0.2, 0.25) is 0 Å². The van der Waals surface area contributed by atoms with Crippen LogP contribution in [0.1, 0.15) is 44.6 Å². The molecule has 0 amide bonds. The molecule has 2 saturated carbocycles. The van der Waals surface area contributed by atoms with Crippen molar-refractivity contribution < 1.29 is 19.7 Å².